The van der Waals surface area contributed by atoms with Crippen LogP contribution in [0.3, 0.4) is 0 Å². The minimum atomic E-state index is -4.34. The zero-order chi connectivity index (χ0) is 13.1. The second-order valence-corrected chi connectivity index (χ2v) is 4.32. The van der Waals surface area contributed by atoms with Gasteiger partial charge in [0.2, 0.25) is 0 Å². The van der Waals surface area contributed by atoms with Gasteiger partial charge in [-0.05, 0) is 6.07 Å². The summed E-state index contributed by atoms with van der Waals surface area (Å²) in [5, 5.41) is 10.5. The van der Waals surface area contributed by atoms with E-state index in [1.807, 2.05) is 0 Å². The van der Waals surface area contributed by atoms with Gasteiger partial charge >= 0.3 is 0 Å². The van der Waals surface area contributed by atoms with Crippen molar-refractivity contribution < 1.29 is 22.9 Å². The first-order valence-electron chi connectivity index (χ1n) is 4.09. The Hall–Kier alpha value is -2.25. The number of sulfonamides is 1. The molecule has 1 aromatic carbocycles. The predicted molar refractivity (Wildman–Crippen MR) is 55.0 cm³/mol. The summed E-state index contributed by atoms with van der Waals surface area (Å²) in [6.45, 7) is 0. The molecule has 0 bridgehead atoms. The zero-order valence-corrected chi connectivity index (χ0v) is 9.30. The van der Waals surface area contributed by atoms with Crippen LogP contribution >= 0.6 is 0 Å². The molecular weight excluding hydrogens is 252 g/mol. The second-order valence-electron chi connectivity index (χ2n) is 2.75. The van der Waals surface area contributed by atoms with E-state index >= 15 is 0 Å². The van der Waals surface area contributed by atoms with E-state index in [0.29, 0.717) is 0 Å². The van der Waals surface area contributed by atoms with Crippen molar-refractivity contribution in [2.24, 2.45) is 4.40 Å². The molecule has 0 aromatic heterocycles. The number of ether oxygens (including phenoxy) is 1. The van der Waals surface area contributed by atoms with Crippen molar-refractivity contribution in [2.75, 3.05) is 7.11 Å². The van der Waals surface area contributed by atoms with Gasteiger partial charge < -0.3 is 4.74 Å². The smallest absolute Gasteiger partial charge is 0.296 e. The van der Waals surface area contributed by atoms with Crippen molar-refractivity contribution in [3.8, 4) is 5.75 Å². The molecule has 9 heteroatoms. The summed E-state index contributed by atoms with van der Waals surface area (Å²) < 4.78 is 30.2. The van der Waals surface area contributed by atoms with Crippen LogP contribution in [0.2, 0.25) is 0 Å². The molecule has 0 atom stereocenters. The molecule has 1 aromatic rings. The average molecular weight is 258 g/mol. The standard InChI is InChI=1S/C8H6N2O6S/c1-16-7-3-2-6(10(12)13)4-8(7)17(14,15)9-5-11/h2-4H,1H3. The second kappa shape index (κ2) is 4.73. The summed E-state index contributed by atoms with van der Waals surface area (Å²) in [4.78, 5) is 19.1. The lowest BCUT2D eigenvalue weighted by Crippen LogP contribution is -2.01. The largest absolute Gasteiger partial charge is 0.495 e. The van der Waals surface area contributed by atoms with Gasteiger partial charge in [-0.15, -0.1) is 0 Å². The molecule has 17 heavy (non-hydrogen) atoms. The Morgan fingerprint density at radius 3 is 2.59 bits per heavy atom. The van der Waals surface area contributed by atoms with Crippen LogP contribution in [-0.2, 0) is 14.8 Å². The van der Waals surface area contributed by atoms with E-state index in [2.05, 4.69) is 4.40 Å². The Kier molecular flexibility index (Phi) is 3.56. The minimum absolute atomic E-state index is 0.144. The van der Waals surface area contributed by atoms with Crippen molar-refractivity contribution in [1.29, 1.82) is 0 Å². The van der Waals surface area contributed by atoms with Gasteiger partial charge in [-0.2, -0.15) is 8.42 Å². The molecule has 0 fully saturated rings. The van der Waals surface area contributed by atoms with Crippen molar-refractivity contribution in [2.45, 2.75) is 4.90 Å². The summed E-state index contributed by atoms with van der Waals surface area (Å²) in [5.74, 6) is -0.144. The molecule has 0 unspecified atom stereocenters. The Balaban J connectivity index is 3.54. The fourth-order valence-corrected chi connectivity index (χ4v) is 1.95. The maximum atomic E-state index is 11.5. The number of carbonyl (C=O) groups excluding carboxylic acids is 1. The Labute approximate surface area is 95.7 Å². The van der Waals surface area contributed by atoms with Gasteiger partial charge in [0.25, 0.3) is 21.8 Å². The summed E-state index contributed by atoms with van der Waals surface area (Å²) in [5.41, 5.74) is -0.453. The lowest BCUT2D eigenvalue weighted by atomic mass is 10.3. The van der Waals surface area contributed by atoms with Gasteiger partial charge in [0.05, 0.1) is 12.0 Å². The fraction of sp³-hybridized carbons (Fsp3) is 0.125. The topological polar surface area (TPSA) is 116 Å². The molecule has 1 rings (SSSR count). The number of non-ortho nitro benzene ring substituents is 1. The van der Waals surface area contributed by atoms with E-state index in [9.17, 15) is 23.3 Å². The third kappa shape index (κ3) is 2.65. The van der Waals surface area contributed by atoms with Crippen LogP contribution in [0, 0.1) is 10.1 Å². The van der Waals surface area contributed by atoms with Crippen LogP contribution in [0.25, 0.3) is 0 Å². The molecule has 90 valence electrons. The zero-order valence-electron chi connectivity index (χ0n) is 8.48. The van der Waals surface area contributed by atoms with Crippen molar-refractivity contribution in [1.82, 2.24) is 0 Å². The van der Waals surface area contributed by atoms with Crippen LogP contribution in [0.15, 0.2) is 27.5 Å². The number of rotatable bonds is 4. The van der Waals surface area contributed by atoms with Crippen molar-refractivity contribution in [3.63, 3.8) is 0 Å². The van der Waals surface area contributed by atoms with E-state index in [0.717, 1.165) is 24.3 Å². The first kappa shape index (κ1) is 12.8. The number of benzene rings is 1. The Morgan fingerprint density at radius 2 is 2.12 bits per heavy atom. The highest BCUT2D eigenvalue weighted by molar-refractivity contribution is 7.90. The van der Waals surface area contributed by atoms with Gasteiger partial charge in [-0.25, -0.2) is 4.79 Å². The van der Waals surface area contributed by atoms with Crippen LogP contribution in [0.1, 0.15) is 0 Å². The van der Waals surface area contributed by atoms with E-state index in [1.165, 1.54) is 7.11 Å². The third-order valence-corrected chi connectivity index (χ3v) is 2.98. The number of isocyanates is 1. The lowest BCUT2D eigenvalue weighted by molar-refractivity contribution is -0.385. The maximum absolute atomic E-state index is 11.5. The van der Waals surface area contributed by atoms with Crippen molar-refractivity contribution in [3.05, 3.63) is 28.3 Å². The summed E-state index contributed by atoms with van der Waals surface area (Å²) in [7, 11) is -3.15. The Bertz CT molecular complexity index is 602. The Morgan fingerprint density at radius 1 is 1.47 bits per heavy atom. The van der Waals surface area contributed by atoms with Crippen LogP contribution in [0.5, 0.6) is 5.75 Å². The number of hydrogen-bond acceptors (Lipinski definition) is 6. The van der Waals surface area contributed by atoms with E-state index in [1.54, 1.807) is 0 Å². The molecule has 0 aliphatic heterocycles. The number of hydrogen-bond donors (Lipinski definition) is 0. The van der Waals surface area contributed by atoms with Gasteiger partial charge in [0.1, 0.15) is 10.6 Å². The monoisotopic (exact) mass is 258 g/mol. The highest BCUT2D eigenvalue weighted by atomic mass is 32.2. The molecular formula is C8H6N2O6S. The van der Waals surface area contributed by atoms with Crippen LogP contribution in [-0.4, -0.2) is 26.5 Å². The normalized spacial score (nSPS) is 10.4. The first-order chi connectivity index (χ1) is 7.92. The first-order valence-corrected chi connectivity index (χ1v) is 5.53. The fourth-order valence-electron chi connectivity index (χ4n) is 1.08. The molecule has 0 aliphatic rings. The lowest BCUT2D eigenvalue weighted by Gasteiger charge is -2.04. The van der Waals surface area contributed by atoms with E-state index in [4.69, 9.17) is 4.74 Å². The van der Waals surface area contributed by atoms with Crippen LogP contribution in [0.4, 0.5) is 5.69 Å². The van der Waals surface area contributed by atoms with Gasteiger partial charge in [0, 0.05) is 12.1 Å². The molecule has 0 saturated carbocycles. The number of nitro groups is 1. The molecule has 0 N–H and O–H groups in total. The molecule has 0 aliphatic carbocycles. The SMILES string of the molecule is COc1ccc([N+](=O)[O-])cc1S(=O)(=O)N=C=O. The molecule has 0 amide bonds. The van der Waals surface area contributed by atoms with Gasteiger partial charge in [0.15, 0.2) is 0 Å². The average Bonchev–Trinajstić information content (AvgIpc) is 2.28. The quantitative estimate of drug-likeness (QED) is 0.338. The summed E-state index contributed by atoms with van der Waals surface area (Å²) in [6.07, 6.45) is 0.868. The molecule has 0 saturated heterocycles. The van der Waals surface area contributed by atoms with E-state index < -0.39 is 25.5 Å². The molecule has 0 heterocycles. The highest BCUT2D eigenvalue weighted by Gasteiger charge is 2.22. The molecule has 0 spiro atoms. The predicted octanol–water partition coefficient (Wildman–Crippen LogP) is 0.628. The number of methoxy groups -OCH3 is 1. The molecule has 0 radical (unpaired) electrons. The summed E-state index contributed by atoms with van der Waals surface area (Å²) >= 11 is 0. The minimum Gasteiger partial charge on any atom is -0.495 e. The number of nitrogens with zero attached hydrogens (tertiary/aromatic N) is 2. The number of nitro benzene ring substituents is 1. The van der Waals surface area contributed by atoms with Gasteiger partial charge in [-0.1, -0.05) is 4.40 Å². The van der Waals surface area contributed by atoms with Gasteiger partial charge in [-0.3, -0.25) is 10.1 Å². The third-order valence-electron chi connectivity index (χ3n) is 1.79. The highest BCUT2D eigenvalue weighted by Crippen LogP contribution is 2.29. The van der Waals surface area contributed by atoms with E-state index in [-0.39, 0.29) is 5.75 Å². The van der Waals surface area contributed by atoms with Crippen LogP contribution < -0.4 is 4.74 Å². The summed E-state index contributed by atoms with van der Waals surface area (Å²) in [6, 6.07) is 2.93. The maximum Gasteiger partial charge on any atom is 0.296 e. The molecule has 8 nitrogen and oxygen atoms in total. The van der Waals surface area contributed by atoms with Crippen molar-refractivity contribution >= 4 is 21.8 Å².